The second kappa shape index (κ2) is 11.5. The Kier molecular flexibility index (Phi) is 8.18. The molecule has 3 fully saturated rings. The van der Waals surface area contributed by atoms with Gasteiger partial charge >= 0.3 is 0 Å². The van der Waals surface area contributed by atoms with Crippen LogP contribution in [0.15, 0.2) is 29.3 Å². The van der Waals surface area contributed by atoms with Crippen LogP contribution in [-0.4, -0.2) is 24.3 Å². The molecular weight excluding hydrogens is 482 g/mol. The molecule has 0 saturated heterocycles. The first-order valence-corrected chi connectivity index (χ1v) is 15.4. The minimum Gasteiger partial charge on any atom is -0.370 e. The molecule has 0 bridgehead atoms. The Morgan fingerprint density at radius 2 is 1.78 bits per heavy atom. The summed E-state index contributed by atoms with van der Waals surface area (Å²) in [6, 6.07) is 8.88. The standard InChI is InChI=1S/C30H39N3OS2/c1-2-8-23-12-14-25(35-23)26-15-16-27(36-26)28(34)24-13-11-21(19-30(24)17-6-7-18-30)20-32-29(31)33-22-9-4-3-5-10-22/h12,14-16,21-22,24H,3-7,9-11,13,17-20H2,1H3,(H3,31,32,33)/t21-,24+/m1/s1. The van der Waals surface area contributed by atoms with Gasteiger partial charge in [-0.05, 0) is 87.5 Å². The fraction of sp³-hybridized carbons (Fsp3) is 0.600. The van der Waals surface area contributed by atoms with Crippen LogP contribution in [0.5, 0.6) is 0 Å². The van der Waals surface area contributed by atoms with E-state index in [0.717, 1.165) is 35.6 Å². The van der Waals surface area contributed by atoms with Gasteiger partial charge < -0.3 is 11.1 Å². The molecule has 6 heteroatoms. The van der Waals surface area contributed by atoms with E-state index in [1.807, 2.05) is 6.92 Å². The number of hydrogen-bond acceptors (Lipinski definition) is 4. The summed E-state index contributed by atoms with van der Waals surface area (Å²) in [6.45, 7) is 2.66. The lowest BCUT2D eigenvalue weighted by molar-refractivity contribution is 0.0485. The van der Waals surface area contributed by atoms with Gasteiger partial charge in [0.15, 0.2) is 11.7 Å². The number of nitrogens with two attached hydrogens (primary N) is 1. The highest BCUT2D eigenvalue weighted by Gasteiger charge is 2.48. The summed E-state index contributed by atoms with van der Waals surface area (Å²) in [6.07, 6.45) is 14.4. The van der Waals surface area contributed by atoms with Crippen LogP contribution in [0.3, 0.4) is 0 Å². The van der Waals surface area contributed by atoms with Gasteiger partial charge in [-0.3, -0.25) is 9.79 Å². The number of carbonyl (C=O) groups excluding carboxylic acids is 1. The molecule has 5 rings (SSSR count). The number of guanidine groups is 1. The Hall–Kier alpha value is -2.10. The monoisotopic (exact) mass is 521 g/mol. The molecule has 0 aromatic carbocycles. The molecule has 3 aliphatic carbocycles. The van der Waals surface area contributed by atoms with Crippen molar-refractivity contribution in [2.75, 3.05) is 6.54 Å². The van der Waals surface area contributed by atoms with E-state index in [2.05, 4.69) is 41.4 Å². The smallest absolute Gasteiger partial charge is 0.188 e. The zero-order valence-electron chi connectivity index (χ0n) is 21.5. The molecule has 2 atom stereocenters. The maximum absolute atomic E-state index is 13.8. The van der Waals surface area contributed by atoms with Crippen LogP contribution in [0.1, 0.15) is 98.5 Å². The molecule has 3 aliphatic rings. The van der Waals surface area contributed by atoms with Crippen molar-refractivity contribution < 1.29 is 4.79 Å². The Labute approximate surface area is 224 Å². The summed E-state index contributed by atoms with van der Waals surface area (Å²) < 4.78 is 0. The van der Waals surface area contributed by atoms with E-state index in [4.69, 9.17) is 10.7 Å². The number of nitrogens with one attached hydrogen (secondary N) is 1. The van der Waals surface area contributed by atoms with Crippen molar-refractivity contribution in [3.8, 4) is 21.6 Å². The SMILES string of the molecule is CC#Cc1ccc(-c2ccc(C(=O)[C@@H]3CC[C@@H](CN=C(N)NC4CCCCC4)CC34CCCC4)s2)s1. The number of aliphatic imine (C=N–C) groups is 1. The molecule has 1 spiro atoms. The maximum atomic E-state index is 13.8. The quantitative estimate of drug-likeness (QED) is 0.182. The van der Waals surface area contributed by atoms with E-state index in [0.29, 0.717) is 23.7 Å². The first-order valence-electron chi connectivity index (χ1n) is 13.8. The second-order valence-corrected chi connectivity index (χ2v) is 13.2. The lowest BCUT2D eigenvalue weighted by Gasteiger charge is -2.44. The van der Waals surface area contributed by atoms with Gasteiger partial charge in [0.05, 0.1) is 9.75 Å². The second-order valence-electron chi connectivity index (χ2n) is 11.0. The number of rotatable bonds is 6. The van der Waals surface area contributed by atoms with Crippen molar-refractivity contribution in [1.29, 1.82) is 0 Å². The summed E-state index contributed by atoms with van der Waals surface area (Å²) in [4.78, 5) is 23.0. The average molecular weight is 522 g/mol. The van der Waals surface area contributed by atoms with Gasteiger partial charge in [0.1, 0.15) is 0 Å². The lowest BCUT2D eigenvalue weighted by atomic mass is 9.60. The van der Waals surface area contributed by atoms with Gasteiger partial charge in [-0.25, -0.2) is 0 Å². The summed E-state index contributed by atoms with van der Waals surface area (Å²) in [7, 11) is 0. The number of Topliss-reactive ketones (excluding diaryl/α,β-unsaturated/α-hetero) is 1. The van der Waals surface area contributed by atoms with Gasteiger partial charge in [0.25, 0.3) is 0 Å². The van der Waals surface area contributed by atoms with Gasteiger partial charge in [0.2, 0.25) is 0 Å². The van der Waals surface area contributed by atoms with Gasteiger partial charge in [-0.15, -0.1) is 28.6 Å². The number of thiophene rings is 2. The van der Waals surface area contributed by atoms with Crippen molar-refractivity contribution >= 4 is 34.4 Å². The third-order valence-corrected chi connectivity index (χ3v) is 10.9. The molecule has 0 radical (unpaired) electrons. The highest BCUT2D eigenvalue weighted by Crippen LogP contribution is 2.55. The molecule has 192 valence electrons. The minimum absolute atomic E-state index is 0.147. The largest absolute Gasteiger partial charge is 0.370 e. The van der Waals surface area contributed by atoms with Crippen molar-refractivity contribution in [2.45, 2.75) is 90.0 Å². The predicted octanol–water partition coefficient (Wildman–Crippen LogP) is 7.24. The van der Waals surface area contributed by atoms with Crippen molar-refractivity contribution in [3.05, 3.63) is 34.0 Å². The first kappa shape index (κ1) is 25.5. The van der Waals surface area contributed by atoms with Crippen molar-refractivity contribution in [3.63, 3.8) is 0 Å². The summed E-state index contributed by atoms with van der Waals surface area (Å²) in [5, 5.41) is 3.46. The molecule has 2 aromatic rings. The van der Waals surface area contributed by atoms with Crippen LogP contribution in [0, 0.1) is 29.1 Å². The van der Waals surface area contributed by atoms with Crippen molar-refractivity contribution in [2.24, 2.45) is 28.0 Å². The van der Waals surface area contributed by atoms with E-state index in [1.165, 1.54) is 67.5 Å². The molecule has 0 aliphatic heterocycles. The Bertz CT molecular complexity index is 1140. The first-order chi connectivity index (χ1) is 17.6. The number of carbonyl (C=O) groups is 1. The van der Waals surface area contributed by atoms with Gasteiger partial charge in [0, 0.05) is 28.3 Å². The van der Waals surface area contributed by atoms with E-state index in [1.54, 1.807) is 22.7 Å². The topological polar surface area (TPSA) is 67.5 Å². The van der Waals surface area contributed by atoms with Crippen LogP contribution >= 0.6 is 22.7 Å². The van der Waals surface area contributed by atoms with E-state index in [-0.39, 0.29) is 11.3 Å². The average Bonchev–Trinajstić information content (AvgIpc) is 3.65. The zero-order valence-corrected chi connectivity index (χ0v) is 23.1. The molecule has 0 amide bonds. The molecule has 2 heterocycles. The van der Waals surface area contributed by atoms with Crippen LogP contribution in [0.25, 0.3) is 9.75 Å². The van der Waals surface area contributed by atoms with Gasteiger partial charge in [-0.1, -0.05) is 38.0 Å². The normalized spacial score (nSPS) is 24.4. The number of ketones is 1. The lowest BCUT2D eigenvalue weighted by Crippen LogP contribution is -2.42. The molecular formula is C30H39N3OS2. The molecule has 3 N–H and O–H groups in total. The highest BCUT2D eigenvalue weighted by atomic mass is 32.1. The molecule has 0 unspecified atom stereocenters. The third kappa shape index (κ3) is 5.73. The molecule has 3 saturated carbocycles. The van der Waals surface area contributed by atoms with Crippen LogP contribution < -0.4 is 11.1 Å². The fourth-order valence-electron chi connectivity index (χ4n) is 6.89. The maximum Gasteiger partial charge on any atom is 0.188 e. The predicted molar refractivity (Wildman–Crippen MR) is 153 cm³/mol. The van der Waals surface area contributed by atoms with Crippen molar-refractivity contribution in [1.82, 2.24) is 5.32 Å². The number of nitrogens with zero attached hydrogens (tertiary/aromatic N) is 1. The van der Waals surface area contributed by atoms with E-state index < -0.39 is 0 Å². The Morgan fingerprint density at radius 1 is 1.03 bits per heavy atom. The highest BCUT2D eigenvalue weighted by molar-refractivity contribution is 7.23. The summed E-state index contributed by atoms with van der Waals surface area (Å²) in [5.41, 5.74) is 6.42. The van der Waals surface area contributed by atoms with E-state index in [9.17, 15) is 4.79 Å². The zero-order chi connectivity index (χ0) is 25.0. The number of hydrogen-bond donors (Lipinski definition) is 2. The van der Waals surface area contributed by atoms with E-state index >= 15 is 0 Å². The fourth-order valence-corrected chi connectivity index (χ4v) is 8.89. The van der Waals surface area contributed by atoms with Crippen LogP contribution in [0.2, 0.25) is 0 Å². The summed E-state index contributed by atoms with van der Waals surface area (Å²) in [5.74, 6) is 7.78. The van der Waals surface area contributed by atoms with Crippen LogP contribution in [0.4, 0.5) is 0 Å². The molecule has 4 nitrogen and oxygen atoms in total. The Balaban J connectivity index is 1.24. The third-order valence-electron chi connectivity index (χ3n) is 8.64. The molecule has 2 aromatic heterocycles. The minimum atomic E-state index is 0.147. The Morgan fingerprint density at radius 3 is 2.56 bits per heavy atom. The molecule has 36 heavy (non-hydrogen) atoms. The van der Waals surface area contributed by atoms with Gasteiger partial charge in [-0.2, -0.15) is 0 Å². The summed E-state index contributed by atoms with van der Waals surface area (Å²) >= 11 is 3.37. The van der Waals surface area contributed by atoms with Crippen LogP contribution in [-0.2, 0) is 0 Å².